The van der Waals surface area contributed by atoms with Crippen molar-refractivity contribution in [2.24, 2.45) is 0 Å². The van der Waals surface area contributed by atoms with E-state index >= 15 is 0 Å². The van der Waals surface area contributed by atoms with Gasteiger partial charge in [0.25, 0.3) is 0 Å². The van der Waals surface area contributed by atoms with Crippen LogP contribution in [0.15, 0.2) is 36.4 Å². The van der Waals surface area contributed by atoms with E-state index in [-0.39, 0.29) is 5.91 Å². The smallest absolute Gasteiger partial charge is 0.238 e. The van der Waals surface area contributed by atoms with E-state index in [9.17, 15) is 4.79 Å². The molecular formula is C23H31N3O3. The summed E-state index contributed by atoms with van der Waals surface area (Å²) >= 11 is 0. The number of anilines is 1. The summed E-state index contributed by atoms with van der Waals surface area (Å²) in [5, 5.41) is 3.08. The predicted octanol–water partition coefficient (Wildman–Crippen LogP) is 3.08. The first-order valence-electron chi connectivity index (χ1n) is 10.0. The first kappa shape index (κ1) is 21.1. The summed E-state index contributed by atoms with van der Waals surface area (Å²) in [6.07, 6.45) is 0. The zero-order chi connectivity index (χ0) is 20.8. The summed E-state index contributed by atoms with van der Waals surface area (Å²) in [4.78, 5) is 17.1. The Morgan fingerprint density at radius 2 is 1.55 bits per heavy atom. The third-order valence-corrected chi connectivity index (χ3v) is 5.43. The number of rotatable bonds is 7. The lowest BCUT2D eigenvalue weighted by molar-refractivity contribution is -0.117. The van der Waals surface area contributed by atoms with Gasteiger partial charge in [-0.15, -0.1) is 0 Å². The molecule has 1 heterocycles. The first-order chi connectivity index (χ1) is 14.0. The van der Waals surface area contributed by atoms with E-state index in [1.807, 2.05) is 44.2 Å². The molecule has 2 aromatic carbocycles. The number of amides is 1. The van der Waals surface area contributed by atoms with E-state index < -0.39 is 0 Å². The van der Waals surface area contributed by atoms with Crippen LogP contribution in [0.25, 0.3) is 0 Å². The number of hydrogen-bond donors (Lipinski definition) is 1. The minimum atomic E-state index is 0.0516. The topological polar surface area (TPSA) is 54.0 Å². The summed E-state index contributed by atoms with van der Waals surface area (Å²) in [5.74, 6) is 1.55. The average Bonchev–Trinajstić information content (AvgIpc) is 2.72. The number of methoxy groups -OCH3 is 2. The first-order valence-corrected chi connectivity index (χ1v) is 10.0. The highest BCUT2D eigenvalue weighted by Gasteiger charge is 2.20. The number of aryl methyl sites for hydroxylation is 2. The molecule has 6 heteroatoms. The standard InChI is InChI=1S/C23H31N3O3/c1-17-6-5-7-18(2)23(17)24-22(27)16-26-12-10-25(11-13-26)15-19-8-9-20(28-3)21(14-19)29-4/h5-9,14H,10-13,15-16H2,1-4H3,(H,24,27). The zero-order valence-corrected chi connectivity index (χ0v) is 17.8. The van der Waals surface area contributed by atoms with Crippen LogP contribution in [0.4, 0.5) is 5.69 Å². The molecule has 0 saturated carbocycles. The van der Waals surface area contributed by atoms with Crippen LogP contribution >= 0.6 is 0 Å². The molecule has 1 aliphatic heterocycles. The molecule has 0 bridgehead atoms. The van der Waals surface area contributed by atoms with Gasteiger partial charge in [0.2, 0.25) is 5.91 Å². The van der Waals surface area contributed by atoms with Crippen molar-refractivity contribution < 1.29 is 14.3 Å². The molecule has 0 atom stereocenters. The van der Waals surface area contributed by atoms with Crippen molar-refractivity contribution in [1.82, 2.24) is 9.80 Å². The van der Waals surface area contributed by atoms with Crippen molar-refractivity contribution in [2.75, 3.05) is 52.3 Å². The fraction of sp³-hybridized carbons (Fsp3) is 0.435. The van der Waals surface area contributed by atoms with E-state index in [4.69, 9.17) is 9.47 Å². The number of benzene rings is 2. The van der Waals surface area contributed by atoms with Gasteiger partial charge in [-0.05, 0) is 42.7 Å². The number of ether oxygens (including phenoxy) is 2. The molecule has 0 unspecified atom stereocenters. The van der Waals surface area contributed by atoms with Gasteiger partial charge in [-0.1, -0.05) is 24.3 Å². The minimum Gasteiger partial charge on any atom is -0.493 e. The highest BCUT2D eigenvalue weighted by Crippen LogP contribution is 2.28. The summed E-state index contributed by atoms with van der Waals surface area (Å²) in [6, 6.07) is 12.1. The lowest BCUT2D eigenvalue weighted by atomic mass is 10.1. The van der Waals surface area contributed by atoms with Crippen molar-refractivity contribution in [1.29, 1.82) is 0 Å². The minimum absolute atomic E-state index is 0.0516. The maximum Gasteiger partial charge on any atom is 0.238 e. The Morgan fingerprint density at radius 1 is 0.931 bits per heavy atom. The van der Waals surface area contributed by atoms with Gasteiger partial charge >= 0.3 is 0 Å². The van der Waals surface area contributed by atoms with Gasteiger partial charge in [0.1, 0.15) is 0 Å². The van der Waals surface area contributed by atoms with Gasteiger partial charge in [-0.2, -0.15) is 0 Å². The van der Waals surface area contributed by atoms with Crippen molar-refractivity contribution in [3.05, 3.63) is 53.1 Å². The molecular weight excluding hydrogens is 366 g/mol. The van der Waals surface area contributed by atoms with Crippen LogP contribution in [-0.4, -0.2) is 62.7 Å². The molecule has 6 nitrogen and oxygen atoms in total. The SMILES string of the molecule is COc1ccc(CN2CCN(CC(=O)Nc3c(C)cccc3C)CC2)cc1OC. The third-order valence-electron chi connectivity index (χ3n) is 5.43. The molecule has 1 aliphatic rings. The van der Waals surface area contributed by atoms with E-state index in [1.54, 1.807) is 14.2 Å². The number of carbonyl (C=O) groups is 1. The molecule has 156 valence electrons. The molecule has 0 radical (unpaired) electrons. The molecule has 29 heavy (non-hydrogen) atoms. The second-order valence-electron chi connectivity index (χ2n) is 7.56. The normalized spacial score (nSPS) is 15.2. The molecule has 0 aromatic heterocycles. The Bertz CT molecular complexity index is 825. The fourth-order valence-corrected chi connectivity index (χ4v) is 3.74. The number of hydrogen-bond acceptors (Lipinski definition) is 5. The van der Waals surface area contributed by atoms with Gasteiger partial charge < -0.3 is 14.8 Å². The number of nitrogens with one attached hydrogen (secondary N) is 1. The average molecular weight is 398 g/mol. The van der Waals surface area contributed by atoms with Crippen molar-refractivity contribution >= 4 is 11.6 Å². The highest BCUT2D eigenvalue weighted by molar-refractivity contribution is 5.93. The largest absolute Gasteiger partial charge is 0.493 e. The highest BCUT2D eigenvalue weighted by atomic mass is 16.5. The van der Waals surface area contributed by atoms with Crippen molar-refractivity contribution in [2.45, 2.75) is 20.4 Å². The number of carbonyl (C=O) groups excluding carboxylic acids is 1. The maximum absolute atomic E-state index is 12.5. The van der Waals surface area contributed by atoms with Crippen molar-refractivity contribution in [3.8, 4) is 11.5 Å². The fourth-order valence-electron chi connectivity index (χ4n) is 3.74. The number of para-hydroxylation sites is 1. The van der Waals surface area contributed by atoms with Crippen LogP contribution in [0.3, 0.4) is 0 Å². The second kappa shape index (κ2) is 9.76. The van der Waals surface area contributed by atoms with E-state index in [2.05, 4.69) is 21.2 Å². The molecule has 1 saturated heterocycles. The van der Waals surface area contributed by atoms with Gasteiger partial charge in [0, 0.05) is 38.4 Å². The summed E-state index contributed by atoms with van der Waals surface area (Å²) < 4.78 is 10.7. The Balaban J connectivity index is 1.48. The van der Waals surface area contributed by atoms with Crippen LogP contribution in [0.1, 0.15) is 16.7 Å². The lowest BCUT2D eigenvalue weighted by Gasteiger charge is -2.34. The zero-order valence-electron chi connectivity index (χ0n) is 17.8. The van der Waals surface area contributed by atoms with Crippen LogP contribution in [0.2, 0.25) is 0 Å². The number of piperazine rings is 1. The van der Waals surface area contributed by atoms with Gasteiger partial charge in [-0.25, -0.2) is 0 Å². The second-order valence-corrected chi connectivity index (χ2v) is 7.56. The number of nitrogens with zero attached hydrogens (tertiary/aromatic N) is 2. The Hall–Kier alpha value is -2.57. The van der Waals surface area contributed by atoms with E-state index in [0.717, 1.165) is 61.0 Å². The molecule has 1 N–H and O–H groups in total. The Morgan fingerprint density at radius 3 is 2.17 bits per heavy atom. The Labute approximate surface area is 173 Å². The van der Waals surface area contributed by atoms with E-state index in [0.29, 0.717) is 6.54 Å². The third kappa shape index (κ3) is 5.49. The van der Waals surface area contributed by atoms with E-state index in [1.165, 1.54) is 5.56 Å². The van der Waals surface area contributed by atoms with Crippen LogP contribution in [0, 0.1) is 13.8 Å². The molecule has 0 spiro atoms. The summed E-state index contributed by atoms with van der Waals surface area (Å²) in [6.45, 7) is 8.98. The quantitative estimate of drug-likeness (QED) is 0.778. The molecule has 2 aromatic rings. The summed E-state index contributed by atoms with van der Waals surface area (Å²) in [7, 11) is 3.30. The Kier molecular flexibility index (Phi) is 7.12. The van der Waals surface area contributed by atoms with Gasteiger partial charge in [0.05, 0.1) is 20.8 Å². The summed E-state index contributed by atoms with van der Waals surface area (Å²) in [5.41, 5.74) is 4.32. The monoisotopic (exact) mass is 397 g/mol. The van der Waals surface area contributed by atoms with Crippen molar-refractivity contribution in [3.63, 3.8) is 0 Å². The molecule has 1 fully saturated rings. The predicted molar refractivity (Wildman–Crippen MR) is 116 cm³/mol. The van der Waals surface area contributed by atoms with Crippen LogP contribution < -0.4 is 14.8 Å². The van der Waals surface area contributed by atoms with Crippen LogP contribution in [0.5, 0.6) is 11.5 Å². The molecule has 1 amide bonds. The van der Waals surface area contributed by atoms with Crippen LogP contribution in [-0.2, 0) is 11.3 Å². The lowest BCUT2D eigenvalue weighted by Crippen LogP contribution is -2.48. The molecule has 0 aliphatic carbocycles. The molecule has 3 rings (SSSR count). The van der Waals surface area contributed by atoms with Gasteiger partial charge in [0.15, 0.2) is 11.5 Å². The van der Waals surface area contributed by atoms with Gasteiger partial charge in [-0.3, -0.25) is 14.6 Å². The maximum atomic E-state index is 12.5.